The number of aryl methyl sites for hydroxylation is 1. The Morgan fingerprint density at radius 3 is 2.53 bits per heavy atom. The summed E-state index contributed by atoms with van der Waals surface area (Å²) in [6.45, 7) is 9.88. The first-order chi connectivity index (χ1) is 14.1. The molecule has 7 nitrogen and oxygen atoms in total. The molecule has 7 heteroatoms. The van der Waals surface area contributed by atoms with Gasteiger partial charge in [0.15, 0.2) is 0 Å². The Balaban J connectivity index is 1.89. The van der Waals surface area contributed by atoms with Crippen LogP contribution in [-0.4, -0.2) is 68.8 Å². The molecule has 2 aliphatic heterocycles. The smallest absolute Gasteiger partial charge is 0.325 e. The number of carbonyl (C=O) groups is 2. The van der Waals surface area contributed by atoms with Crippen molar-refractivity contribution in [2.45, 2.75) is 76.0 Å². The van der Waals surface area contributed by atoms with E-state index < -0.39 is 16.6 Å². The number of amides is 3. The molecule has 1 aromatic rings. The molecule has 1 aliphatic carbocycles. The van der Waals surface area contributed by atoms with Crippen LogP contribution in [0.4, 0.5) is 4.79 Å². The summed E-state index contributed by atoms with van der Waals surface area (Å²) in [6.07, 6.45) is 1.81. The van der Waals surface area contributed by atoms with Gasteiger partial charge in [0.2, 0.25) is 0 Å². The standard InChI is InChI=1S/C23H33N3O4/c1-5-25-12-11-21(18-13-17(27)8-7-15(18)3)14-22(9-10-23(21,30)16(25)4)19(28)26(6-2)20(29)24-22/h7-8,13,16,27,30H,5-6,9-12,14H2,1-4H3,(H,24,29)/t16-,21-,22+,23-/m1/s1. The van der Waals surface area contributed by atoms with E-state index in [-0.39, 0.29) is 23.7 Å². The van der Waals surface area contributed by atoms with Crippen LogP contribution in [0.3, 0.4) is 0 Å². The van der Waals surface area contributed by atoms with Crippen molar-refractivity contribution in [3.05, 3.63) is 29.3 Å². The van der Waals surface area contributed by atoms with Gasteiger partial charge in [-0.2, -0.15) is 0 Å². The van der Waals surface area contributed by atoms with Crippen molar-refractivity contribution < 1.29 is 19.8 Å². The lowest BCUT2D eigenvalue weighted by Crippen LogP contribution is -2.73. The number of nitrogens with one attached hydrogen (secondary N) is 1. The second-order valence-corrected chi connectivity index (χ2v) is 9.30. The SMILES string of the molecule is CCN1C(=O)N[C@]2(CC[C@@]3(O)[C@@H](C)N(CC)CC[C@]3(c3cc(O)ccc3C)C2)C1=O. The van der Waals surface area contributed by atoms with Crippen LogP contribution < -0.4 is 5.32 Å². The van der Waals surface area contributed by atoms with E-state index in [9.17, 15) is 19.8 Å². The number of urea groups is 1. The predicted octanol–water partition coefficient (Wildman–Crippen LogP) is 2.28. The van der Waals surface area contributed by atoms with Crippen molar-refractivity contribution in [2.24, 2.45) is 0 Å². The number of aliphatic hydroxyl groups is 1. The van der Waals surface area contributed by atoms with E-state index in [2.05, 4.69) is 24.1 Å². The second kappa shape index (κ2) is 6.95. The number of hydrogen-bond donors (Lipinski definition) is 3. The number of imide groups is 1. The predicted molar refractivity (Wildman–Crippen MR) is 113 cm³/mol. The van der Waals surface area contributed by atoms with E-state index in [1.807, 2.05) is 13.0 Å². The van der Waals surface area contributed by atoms with E-state index in [1.165, 1.54) is 4.90 Å². The van der Waals surface area contributed by atoms with Crippen molar-refractivity contribution >= 4 is 11.9 Å². The van der Waals surface area contributed by atoms with Crippen molar-refractivity contribution in [1.82, 2.24) is 15.1 Å². The summed E-state index contributed by atoms with van der Waals surface area (Å²) in [5.41, 5.74) is -0.972. The topological polar surface area (TPSA) is 93.1 Å². The Labute approximate surface area is 178 Å². The summed E-state index contributed by atoms with van der Waals surface area (Å²) in [7, 11) is 0. The fourth-order valence-electron chi connectivity index (χ4n) is 6.42. The molecular formula is C23H33N3O4. The number of phenolic OH excluding ortho intramolecular Hbond substituents is 1. The Morgan fingerprint density at radius 2 is 1.90 bits per heavy atom. The van der Waals surface area contributed by atoms with Crippen molar-refractivity contribution in [1.29, 1.82) is 0 Å². The number of rotatable bonds is 3. The van der Waals surface area contributed by atoms with Crippen LogP contribution in [0.1, 0.15) is 57.6 Å². The zero-order chi connectivity index (χ0) is 21.9. The van der Waals surface area contributed by atoms with Gasteiger partial charge in [-0.25, -0.2) is 4.79 Å². The number of aromatic hydroxyl groups is 1. The molecule has 164 valence electrons. The highest BCUT2D eigenvalue weighted by Crippen LogP contribution is 2.58. The Hall–Kier alpha value is -2.12. The first-order valence-corrected chi connectivity index (χ1v) is 11.0. The molecule has 30 heavy (non-hydrogen) atoms. The van der Waals surface area contributed by atoms with E-state index in [1.54, 1.807) is 19.1 Å². The molecule has 0 unspecified atom stereocenters. The molecule has 1 spiro atoms. The van der Waals surface area contributed by atoms with Gasteiger partial charge in [-0.05, 0) is 82.8 Å². The molecule has 0 radical (unpaired) electrons. The van der Waals surface area contributed by atoms with Crippen LogP contribution in [-0.2, 0) is 10.2 Å². The van der Waals surface area contributed by atoms with Crippen molar-refractivity contribution in [3.63, 3.8) is 0 Å². The van der Waals surface area contributed by atoms with Crippen LogP contribution in [0, 0.1) is 6.92 Å². The van der Waals surface area contributed by atoms with E-state index in [4.69, 9.17) is 0 Å². The molecular weight excluding hydrogens is 382 g/mol. The third-order valence-corrected chi connectivity index (χ3v) is 8.13. The average Bonchev–Trinajstić information content (AvgIpc) is 2.95. The summed E-state index contributed by atoms with van der Waals surface area (Å²) in [5, 5.41) is 25.5. The summed E-state index contributed by atoms with van der Waals surface area (Å²) in [6, 6.07) is 4.80. The monoisotopic (exact) mass is 415 g/mol. The molecule has 0 bridgehead atoms. The lowest BCUT2D eigenvalue weighted by molar-refractivity contribution is -0.171. The summed E-state index contributed by atoms with van der Waals surface area (Å²) >= 11 is 0. The molecule has 1 saturated carbocycles. The van der Waals surface area contributed by atoms with Gasteiger partial charge in [0, 0.05) is 18.0 Å². The molecule has 4 rings (SSSR count). The van der Waals surface area contributed by atoms with Gasteiger partial charge in [-0.15, -0.1) is 0 Å². The van der Waals surface area contributed by atoms with Gasteiger partial charge in [-0.3, -0.25) is 14.6 Å². The summed E-state index contributed by atoms with van der Waals surface area (Å²) in [5.74, 6) is -0.0469. The zero-order valence-corrected chi connectivity index (χ0v) is 18.4. The highest BCUT2D eigenvalue weighted by molar-refractivity contribution is 6.07. The molecule has 3 amide bonds. The summed E-state index contributed by atoms with van der Waals surface area (Å²) < 4.78 is 0. The summed E-state index contributed by atoms with van der Waals surface area (Å²) in [4.78, 5) is 29.4. The minimum Gasteiger partial charge on any atom is -0.508 e. The van der Waals surface area contributed by atoms with E-state index in [0.29, 0.717) is 32.2 Å². The quantitative estimate of drug-likeness (QED) is 0.659. The maximum atomic E-state index is 13.3. The minimum atomic E-state index is -1.07. The third-order valence-electron chi connectivity index (χ3n) is 8.13. The maximum Gasteiger partial charge on any atom is 0.325 e. The number of benzene rings is 1. The highest BCUT2D eigenvalue weighted by atomic mass is 16.3. The van der Waals surface area contributed by atoms with Gasteiger partial charge in [0.05, 0.1) is 5.60 Å². The zero-order valence-electron chi connectivity index (χ0n) is 18.4. The lowest BCUT2D eigenvalue weighted by Gasteiger charge is -2.62. The number of piperidine rings is 1. The molecule has 1 aromatic carbocycles. The number of carbonyl (C=O) groups excluding carboxylic acids is 2. The van der Waals surface area contributed by atoms with Gasteiger partial charge in [0.1, 0.15) is 11.3 Å². The van der Waals surface area contributed by atoms with Crippen LogP contribution >= 0.6 is 0 Å². The molecule has 3 fully saturated rings. The molecule has 3 N–H and O–H groups in total. The van der Waals surface area contributed by atoms with Crippen molar-refractivity contribution in [2.75, 3.05) is 19.6 Å². The molecule has 2 heterocycles. The fourth-order valence-corrected chi connectivity index (χ4v) is 6.42. The van der Waals surface area contributed by atoms with Gasteiger partial charge >= 0.3 is 6.03 Å². The number of fused-ring (bicyclic) bond motifs is 1. The normalized spacial score (nSPS) is 36.8. The van der Waals surface area contributed by atoms with E-state index in [0.717, 1.165) is 24.2 Å². The van der Waals surface area contributed by atoms with Gasteiger partial charge in [0.25, 0.3) is 5.91 Å². The van der Waals surface area contributed by atoms with Gasteiger partial charge in [-0.1, -0.05) is 13.0 Å². The molecule has 0 aromatic heterocycles. The number of likely N-dealkylation sites (tertiary alicyclic amines) is 1. The first kappa shape index (κ1) is 21.1. The first-order valence-electron chi connectivity index (χ1n) is 11.0. The third kappa shape index (κ3) is 2.64. The largest absolute Gasteiger partial charge is 0.508 e. The van der Waals surface area contributed by atoms with Crippen molar-refractivity contribution in [3.8, 4) is 5.75 Å². The molecule has 2 saturated heterocycles. The lowest BCUT2D eigenvalue weighted by atomic mass is 9.49. The van der Waals surface area contributed by atoms with Crippen LogP contribution in [0.15, 0.2) is 18.2 Å². The number of likely N-dealkylation sites (N-methyl/N-ethyl adjacent to an activating group) is 2. The molecule has 3 aliphatic rings. The molecule has 4 atom stereocenters. The number of phenols is 1. The highest BCUT2D eigenvalue weighted by Gasteiger charge is 2.67. The maximum absolute atomic E-state index is 13.3. The van der Waals surface area contributed by atoms with Crippen LogP contribution in [0.2, 0.25) is 0 Å². The minimum absolute atomic E-state index is 0.107. The number of nitrogens with zero attached hydrogens (tertiary/aromatic N) is 2. The van der Waals surface area contributed by atoms with Crippen LogP contribution in [0.5, 0.6) is 5.75 Å². The average molecular weight is 416 g/mol. The Kier molecular flexibility index (Phi) is 4.90. The van der Waals surface area contributed by atoms with E-state index >= 15 is 0 Å². The van der Waals surface area contributed by atoms with Crippen LogP contribution in [0.25, 0.3) is 0 Å². The Bertz CT molecular complexity index is 889. The Morgan fingerprint density at radius 1 is 1.17 bits per heavy atom. The number of hydrogen-bond acceptors (Lipinski definition) is 5. The van der Waals surface area contributed by atoms with Gasteiger partial charge < -0.3 is 15.5 Å². The second-order valence-electron chi connectivity index (χ2n) is 9.30. The fraction of sp³-hybridized carbons (Fsp3) is 0.652.